The van der Waals surface area contributed by atoms with E-state index in [2.05, 4.69) is 10.6 Å². The Balaban J connectivity index is 4.29. The number of likely N-dealkylation sites (N-methyl/N-ethyl adjacent to an activating group) is 2. The van der Waals surface area contributed by atoms with Crippen LogP contribution in [0.3, 0.4) is 0 Å². The van der Waals surface area contributed by atoms with Crippen molar-refractivity contribution in [2.24, 2.45) is 0 Å². The number of nitrogens with zero attached hydrogens (tertiary/aromatic N) is 1. The monoisotopic (exact) mass is 247 g/mol. The second kappa shape index (κ2) is 7.44. The first-order valence-corrected chi connectivity index (χ1v) is 4.99. The van der Waals surface area contributed by atoms with Crippen LogP contribution in [-0.2, 0) is 9.59 Å². The van der Waals surface area contributed by atoms with E-state index in [0.717, 1.165) is 0 Å². The van der Waals surface area contributed by atoms with Gasteiger partial charge in [-0.3, -0.25) is 4.79 Å². The molecule has 4 N–H and O–H groups in total. The number of aliphatic carboxylic acids is 2. The predicted molar refractivity (Wildman–Crippen MR) is 58.8 cm³/mol. The standard InChI is InChI=1S/C9H17N3O5/c1-10-3-4-12(2)9(17)11-6(8(15)16)5-7(13)14/h6,10H,3-5H2,1-2H3,(H,11,17)(H,13,14)(H,15,16). The summed E-state index contributed by atoms with van der Waals surface area (Å²) in [7, 11) is 3.21. The molecule has 0 radical (unpaired) electrons. The molecule has 0 aliphatic rings. The number of carboxylic acid groups (broad SMARTS) is 2. The van der Waals surface area contributed by atoms with E-state index in [0.29, 0.717) is 13.1 Å². The van der Waals surface area contributed by atoms with Crippen LogP contribution in [0.4, 0.5) is 4.79 Å². The minimum absolute atomic E-state index is 0.391. The molecule has 0 aliphatic carbocycles. The van der Waals surface area contributed by atoms with Crippen LogP contribution in [0.2, 0.25) is 0 Å². The average Bonchev–Trinajstić information content (AvgIpc) is 2.23. The molecule has 8 heteroatoms. The van der Waals surface area contributed by atoms with Crippen molar-refractivity contribution in [3.63, 3.8) is 0 Å². The number of amides is 2. The highest BCUT2D eigenvalue weighted by Gasteiger charge is 2.24. The highest BCUT2D eigenvalue weighted by Crippen LogP contribution is 1.95. The van der Waals surface area contributed by atoms with Gasteiger partial charge in [-0.2, -0.15) is 0 Å². The molecule has 8 nitrogen and oxygen atoms in total. The van der Waals surface area contributed by atoms with Gasteiger partial charge in [-0.1, -0.05) is 0 Å². The van der Waals surface area contributed by atoms with Gasteiger partial charge in [0.2, 0.25) is 0 Å². The summed E-state index contributed by atoms with van der Waals surface area (Å²) in [5.41, 5.74) is 0. The van der Waals surface area contributed by atoms with Crippen molar-refractivity contribution < 1.29 is 24.6 Å². The lowest BCUT2D eigenvalue weighted by molar-refractivity contribution is -0.145. The smallest absolute Gasteiger partial charge is 0.326 e. The van der Waals surface area contributed by atoms with Gasteiger partial charge >= 0.3 is 18.0 Å². The lowest BCUT2D eigenvalue weighted by Crippen LogP contribution is -2.48. The third-order valence-electron chi connectivity index (χ3n) is 2.02. The van der Waals surface area contributed by atoms with Crippen LogP contribution in [0.15, 0.2) is 0 Å². The van der Waals surface area contributed by atoms with E-state index in [9.17, 15) is 14.4 Å². The zero-order chi connectivity index (χ0) is 13.4. The van der Waals surface area contributed by atoms with Gasteiger partial charge in [0.05, 0.1) is 6.42 Å². The minimum Gasteiger partial charge on any atom is -0.481 e. The van der Waals surface area contributed by atoms with E-state index >= 15 is 0 Å². The maximum Gasteiger partial charge on any atom is 0.326 e. The van der Waals surface area contributed by atoms with E-state index in [1.54, 1.807) is 7.05 Å². The number of urea groups is 1. The van der Waals surface area contributed by atoms with Gasteiger partial charge in [0.25, 0.3) is 0 Å². The topological polar surface area (TPSA) is 119 Å². The molecule has 0 saturated carbocycles. The van der Waals surface area contributed by atoms with Crippen molar-refractivity contribution >= 4 is 18.0 Å². The molecule has 0 saturated heterocycles. The van der Waals surface area contributed by atoms with E-state index in [-0.39, 0.29) is 0 Å². The first-order chi connectivity index (χ1) is 7.88. The molecule has 0 bridgehead atoms. The Morgan fingerprint density at radius 2 is 1.88 bits per heavy atom. The molecular formula is C9H17N3O5. The normalized spacial score (nSPS) is 11.6. The fourth-order valence-electron chi connectivity index (χ4n) is 1.01. The van der Waals surface area contributed by atoms with Gasteiger partial charge in [-0.15, -0.1) is 0 Å². The van der Waals surface area contributed by atoms with Crippen LogP contribution in [-0.4, -0.2) is 66.3 Å². The highest BCUT2D eigenvalue weighted by atomic mass is 16.4. The zero-order valence-corrected chi connectivity index (χ0v) is 9.77. The molecule has 0 aliphatic heterocycles. The Hall–Kier alpha value is -1.83. The molecule has 0 aromatic heterocycles. The number of carbonyl (C=O) groups is 3. The number of hydrogen-bond donors (Lipinski definition) is 4. The van der Waals surface area contributed by atoms with Crippen molar-refractivity contribution in [1.82, 2.24) is 15.5 Å². The van der Waals surface area contributed by atoms with E-state index in [1.807, 2.05) is 0 Å². The van der Waals surface area contributed by atoms with Gasteiger partial charge in [0, 0.05) is 20.1 Å². The summed E-state index contributed by atoms with van der Waals surface area (Å²) < 4.78 is 0. The van der Waals surface area contributed by atoms with Crippen LogP contribution >= 0.6 is 0 Å². The van der Waals surface area contributed by atoms with Crippen LogP contribution in [0.1, 0.15) is 6.42 Å². The van der Waals surface area contributed by atoms with Crippen molar-refractivity contribution in [1.29, 1.82) is 0 Å². The largest absolute Gasteiger partial charge is 0.481 e. The van der Waals surface area contributed by atoms with Crippen molar-refractivity contribution in [3.05, 3.63) is 0 Å². The van der Waals surface area contributed by atoms with E-state index in [1.165, 1.54) is 11.9 Å². The SMILES string of the molecule is CNCCN(C)C(=O)NC(CC(=O)O)C(=O)O. The molecule has 0 aromatic rings. The molecule has 98 valence electrons. The number of hydrogen-bond acceptors (Lipinski definition) is 4. The van der Waals surface area contributed by atoms with Crippen molar-refractivity contribution in [2.45, 2.75) is 12.5 Å². The van der Waals surface area contributed by atoms with Crippen molar-refractivity contribution in [3.8, 4) is 0 Å². The quantitative estimate of drug-likeness (QED) is 0.447. The third kappa shape index (κ3) is 6.36. The summed E-state index contributed by atoms with van der Waals surface area (Å²) in [6.07, 6.45) is -0.652. The first-order valence-electron chi connectivity index (χ1n) is 4.99. The highest BCUT2D eigenvalue weighted by molar-refractivity contribution is 5.86. The average molecular weight is 247 g/mol. The number of carboxylic acids is 2. The summed E-state index contributed by atoms with van der Waals surface area (Å²) >= 11 is 0. The van der Waals surface area contributed by atoms with Crippen LogP contribution in [0.25, 0.3) is 0 Å². The number of rotatable bonds is 7. The van der Waals surface area contributed by atoms with E-state index < -0.39 is 30.4 Å². The molecule has 1 unspecified atom stereocenters. The molecule has 0 rings (SSSR count). The maximum absolute atomic E-state index is 11.5. The molecule has 0 spiro atoms. The summed E-state index contributed by atoms with van der Waals surface area (Å²) in [5.74, 6) is -2.65. The predicted octanol–water partition coefficient (Wildman–Crippen LogP) is -1.22. The molecule has 0 heterocycles. The lowest BCUT2D eigenvalue weighted by atomic mass is 10.2. The molecule has 0 fully saturated rings. The molecule has 17 heavy (non-hydrogen) atoms. The van der Waals surface area contributed by atoms with Crippen LogP contribution in [0, 0.1) is 0 Å². The van der Waals surface area contributed by atoms with Crippen LogP contribution in [0.5, 0.6) is 0 Å². The first kappa shape index (κ1) is 15.2. The van der Waals surface area contributed by atoms with Gasteiger partial charge < -0.3 is 25.7 Å². The van der Waals surface area contributed by atoms with E-state index in [4.69, 9.17) is 10.2 Å². The lowest BCUT2D eigenvalue weighted by Gasteiger charge is -2.20. The zero-order valence-electron chi connectivity index (χ0n) is 9.77. The minimum atomic E-state index is -1.42. The Kier molecular flexibility index (Phi) is 6.64. The molecular weight excluding hydrogens is 230 g/mol. The third-order valence-corrected chi connectivity index (χ3v) is 2.02. The summed E-state index contributed by atoms with van der Waals surface area (Å²) in [6, 6.07) is -2.04. The molecule has 0 aromatic carbocycles. The maximum atomic E-state index is 11.5. The Morgan fingerprint density at radius 1 is 1.29 bits per heavy atom. The molecule has 1 atom stereocenters. The Morgan fingerprint density at radius 3 is 2.29 bits per heavy atom. The van der Waals surface area contributed by atoms with Gasteiger partial charge in [0.15, 0.2) is 0 Å². The number of carbonyl (C=O) groups excluding carboxylic acids is 1. The summed E-state index contributed by atoms with van der Waals surface area (Å²) in [6.45, 7) is 0.947. The fraction of sp³-hybridized carbons (Fsp3) is 0.667. The molecule has 2 amide bonds. The number of nitrogens with one attached hydrogen (secondary N) is 2. The summed E-state index contributed by atoms with van der Waals surface area (Å²) in [5, 5.41) is 22.2. The van der Waals surface area contributed by atoms with Gasteiger partial charge in [-0.25, -0.2) is 9.59 Å². The Bertz CT molecular complexity index is 294. The second-order valence-corrected chi connectivity index (χ2v) is 3.46. The van der Waals surface area contributed by atoms with Crippen molar-refractivity contribution in [2.75, 3.05) is 27.2 Å². The Labute approximate surface area is 98.6 Å². The van der Waals surface area contributed by atoms with Crippen LogP contribution < -0.4 is 10.6 Å². The van der Waals surface area contributed by atoms with Gasteiger partial charge in [-0.05, 0) is 7.05 Å². The van der Waals surface area contributed by atoms with Gasteiger partial charge in [0.1, 0.15) is 6.04 Å². The fourth-order valence-corrected chi connectivity index (χ4v) is 1.01. The summed E-state index contributed by atoms with van der Waals surface area (Å²) in [4.78, 5) is 33.8. The second-order valence-electron chi connectivity index (χ2n) is 3.46.